The van der Waals surface area contributed by atoms with E-state index in [9.17, 15) is 4.79 Å². The van der Waals surface area contributed by atoms with Crippen molar-refractivity contribution in [2.24, 2.45) is 16.7 Å². The summed E-state index contributed by atoms with van der Waals surface area (Å²) in [4.78, 5) is 12.3. The molecule has 0 rings (SSSR count). The third kappa shape index (κ3) is 4.97. The topological polar surface area (TPSA) is 35.5 Å². The molecule has 0 aromatic rings. The number of hydrogen-bond acceptors (Lipinski definition) is 3. The molecule has 2 unspecified atom stereocenters. The second-order valence-corrected chi connectivity index (χ2v) is 6.84. The molecule has 0 aliphatic rings. The molecule has 18 heavy (non-hydrogen) atoms. The van der Waals surface area contributed by atoms with Gasteiger partial charge in [-0.2, -0.15) is 0 Å². The second kappa shape index (κ2) is 6.55. The minimum Gasteiger partial charge on any atom is -0.466 e. The Morgan fingerprint density at radius 1 is 0.944 bits per heavy atom. The monoisotopic (exact) mass is 258 g/mol. The molecule has 0 aromatic heterocycles. The number of hydrogen-bond donors (Lipinski definition) is 0. The predicted octanol–water partition coefficient (Wildman–Crippen LogP) is 3.66. The summed E-state index contributed by atoms with van der Waals surface area (Å²) in [6.07, 6.45) is -0.137. The lowest BCUT2D eigenvalue weighted by Gasteiger charge is -2.41. The van der Waals surface area contributed by atoms with Crippen LogP contribution in [0.25, 0.3) is 0 Å². The van der Waals surface area contributed by atoms with Gasteiger partial charge in [0.1, 0.15) is 0 Å². The number of esters is 1. The highest BCUT2D eigenvalue weighted by molar-refractivity contribution is 5.74. The van der Waals surface area contributed by atoms with Gasteiger partial charge >= 0.3 is 5.97 Å². The molecular formula is C15H30O3. The van der Waals surface area contributed by atoms with E-state index in [0.29, 0.717) is 13.2 Å². The number of ether oxygens (including phenoxy) is 2. The van der Waals surface area contributed by atoms with Crippen LogP contribution in [0.15, 0.2) is 0 Å². The highest BCUT2D eigenvalue weighted by Crippen LogP contribution is 2.39. The van der Waals surface area contributed by atoms with Gasteiger partial charge in [0.05, 0.1) is 18.6 Å². The number of carbonyl (C=O) groups is 1. The summed E-state index contributed by atoms with van der Waals surface area (Å²) in [7, 11) is 0. The summed E-state index contributed by atoms with van der Waals surface area (Å²) >= 11 is 0. The van der Waals surface area contributed by atoms with Gasteiger partial charge in [-0.15, -0.1) is 0 Å². The zero-order valence-corrected chi connectivity index (χ0v) is 13.3. The van der Waals surface area contributed by atoms with E-state index in [4.69, 9.17) is 9.47 Å². The molecule has 0 heterocycles. The van der Waals surface area contributed by atoms with Crippen LogP contribution >= 0.6 is 0 Å². The lowest BCUT2D eigenvalue weighted by molar-refractivity contribution is -0.166. The van der Waals surface area contributed by atoms with E-state index in [-0.39, 0.29) is 28.8 Å². The zero-order chi connectivity index (χ0) is 14.6. The molecule has 3 heteroatoms. The normalized spacial score (nSPS) is 16.2. The second-order valence-electron chi connectivity index (χ2n) is 6.84. The van der Waals surface area contributed by atoms with Gasteiger partial charge in [0.2, 0.25) is 0 Å². The molecule has 0 saturated heterocycles. The fourth-order valence-electron chi connectivity index (χ4n) is 2.19. The lowest BCUT2D eigenvalue weighted by atomic mass is 9.69. The van der Waals surface area contributed by atoms with Crippen molar-refractivity contribution in [1.29, 1.82) is 0 Å². The maximum atomic E-state index is 12.3. The van der Waals surface area contributed by atoms with Gasteiger partial charge in [0.15, 0.2) is 0 Å². The minimum absolute atomic E-state index is 0.0965. The van der Waals surface area contributed by atoms with E-state index in [1.165, 1.54) is 0 Å². The van der Waals surface area contributed by atoms with Crippen LogP contribution < -0.4 is 0 Å². The van der Waals surface area contributed by atoms with Crippen molar-refractivity contribution in [2.75, 3.05) is 13.2 Å². The number of carbonyl (C=O) groups excluding carboxylic acids is 1. The summed E-state index contributed by atoms with van der Waals surface area (Å²) < 4.78 is 11.1. The third-order valence-corrected chi connectivity index (χ3v) is 2.98. The molecule has 0 bridgehead atoms. The minimum atomic E-state index is -0.252. The van der Waals surface area contributed by atoms with Gasteiger partial charge in [-0.3, -0.25) is 4.79 Å². The van der Waals surface area contributed by atoms with Crippen LogP contribution in [0, 0.1) is 16.7 Å². The molecule has 0 amide bonds. The molecule has 0 N–H and O–H groups in total. The molecule has 0 radical (unpaired) electrons. The van der Waals surface area contributed by atoms with Gasteiger partial charge in [-0.25, -0.2) is 0 Å². The smallest absolute Gasteiger partial charge is 0.312 e. The molecule has 0 aromatic carbocycles. The summed E-state index contributed by atoms with van der Waals surface area (Å²) in [5.41, 5.74) is -0.278. The van der Waals surface area contributed by atoms with Crippen molar-refractivity contribution in [3.05, 3.63) is 0 Å². The standard InChI is InChI=1S/C15H30O3/c1-9-17-12(15(6,7)8)11(14(3,4)5)13(16)18-10-2/h11-12H,9-10H2,1-8H3. The van der Waals surface area contributed by atoms with Crippen molar-refractivity contribution in [3.63, 3.8) is 0 Å². The first-order valence-corrected chi connectivity index (χ1v) is 6.83. The molecule has 3 nitrogen and oxygen atoms in total. The molecular weight excluding hydrogens is 228 g/mol. The Kier molecular flexibility index (Phi) is 6.35. The first-order valence-electron chi connectivity index (χ1n) is 6.83. The Morgan fingerprint density at radius 2 is 1.44 bits per heavy atom. The Morgan fingerprint density at radius 3 is 1.72 bits per heavy atom. The van der Waals surface area contributed by atoms with E-state index in [1.54, 1.807) is 0 Å². The van der Waals surface area contributed by atoms with Crippen molar-refractivity contribution in [2.45, 2.75) is 61.5 Å². The highest BCUT2D eigenvalue weighted by Gasteiger charge is 2.44. The Labute approximate surface area is 112 Å². The van der Waals surface area contributed by atoms with Crippen LogP contribution in [0.2, 0.25) is 0 Å². The van der Waals surface area contributed by atoms with E-state index in [0.717, 1.165) is 0 Å². The SMILES string of the molecule is CCOC(=O)C(C(OCC)C(C)(C)C)C(C)(C)C. The van der Waals surface area contributed by atoms with Gasteiger partial charge in [-0.05, 0) is 24.7 Å². The van der Waals surface area contributed by atoms with E-state index in [1.807, 2.05) is 13.8 Å². The number of rotatable bonds is 5. The largest absolute Gasteiger partial charge is 0.466 e. The van der Waals surface area contributed by atoms with Crippen LogP contribution in [0.5, 0.6) is 0 Å². The highest BCUT2D eigenvalue weighted by atomic mass is 16.5. The Hall–Kier alpha value is -0.570. The first kappa shape index (κ1) is 17.4. The summed E-state index contributed by atoms with van der Waals surface area (Å²) in [6.45, 7) is 17.3. The molecule has 0 fully saturated rings. The Balaban J connectivity index is 5.31. The summed E-state index contributed by atoms with van der Waals surface area (Å²) in [5.74, 6) is -0.407. The lowest BCUT2D eigenvalue weighted by Crippen LogP contribution is -2.47. The maximum Gasteiger partial charge on any atom is 0.312 e. The summed E-state index contributed by atoms with van der Waals surface area (Å²) in [6, 6.07) is 0. The quantitative estimate of drug-likeness (QED) is 0.706. The molecule has 0 saturated carbocycles. The molecule has 0 aliphatic heterocycles. The molecule has 0 spiro atoms. The van der Waals surface area contributed by atoms with Crippen LogP contribution in [-0.2, 0) is 14.3 Å². The third-order valence-electron chi connectivity index (χ3n) is 2.98. The fraction of sp³-hybridized carbons (Fsp3) is 0.933. The van der Waals surface area contributed by atoms with Crippen LogP contribution in [0.3, 0.4) is 0 Å². The van der Waals surface area contributed by atoms with Crippen LogP contribution in [-0.4, -0.2) is 25.3 Å². The predicted molar refractivity (Wildman–Crippen MR) is 74.4 cm³/mol. The maximum absolute atomic E-state index is 12.3. The van der Waals surface area contributed by atoms with E-state index in [2.05, 4.69) is 41.5 Å². The van der Waals surface area contributed by atoms with E-state index >= 15 is 0 Å². The Bertz CT molecular complexity index is 258. The zero-order valence-electron chi connectivity index (χ0n) is 13.3. The van der Waals surface area contributed by atoms with Crippen LogP contribution in [0.4, 0.5) is 0 Å². The van der Waals surface area contributed by atoms with Gasteiger partial charge in [0, 0.05) is 6.61 Å². The van der Waals surface area contributed by atoms with Gasteiger partial charge < -0.3 is 9.47 Å². The average molecular weight is 258 g/mol. The molecule has 2 atom stereocenters. The van der Waals surface area contributed by atoms with Crippen molar-refractivity contribution < 1.29 is 14.3 Å². The molecule has 0 aliphatic carbocycles. The van der Waals surface area contributed by atoms with Crippen LogP contribution in [0.1, 0.15) is 55.4 Å². The average Bonchev–Trinajstić information content (AvgIpc) is 2.13. The first-order chi connectivity index (χ1) is 8.05. The fourth-order valence-corrected chi connectivity index (χ4v) is 2.19. The van der Waals surface area contributed by atoms with Gasteiger partial charge in [-0.1, -0.05) is 41.5 Å². The molecule has 108 valence electrons. The summed E-state index contributed by atoms with van der Waals surface area (Å²) in [5, 5.41) is 0. The van der Waals surface area contributed by atoms with Gasteiger partial charge in [0.25, 0.3) is 0 Å². The van der Waals surface area contributed by atoms with Crippen molar-refractivity contribution in [1.82, 2.24) is 0 Å². The van der Waals surface area contributed by atoms with E-state index < -0.39 is 0 Å². The van der Waals surface area contributed by atoms with Crippen molar-refractivity contribution in [3.8, 4) is 0 Å². The van der Waals surface area contributed by atoms with Crippen molar-refractivity contribution >= 4 is 5.97 Å².